The van der Waals surface area contributed by atoms with Gasteiger partial charge < -0.3 is 18.6 Å². The summed E-state index contributed by atoms with van der Waals surface area (Å²) in [5.41, 5.74) is 0.515. The van der Waals surface area contributed by atoms with Crippen LogP contribution >= 0.6 is 0 Å². The maximum Gasteiger partial charge on any atom is 0.471 e. The molecule has 1 aromatic carbocycles. The summed E-state index contributed by atoms with van der Waals surface area (Å²) in [7, 11) is -6.39. The van der Waals surface area contributed by atoms with E-state index in [0.29, 0.717) is 17.1 Å². The van der Waals surface area contributed by atoms with E-state index >= 15 is 0 Å². The van der Waals surface area contributed by atoms with Crippen molar-refractivity contribution in [2.24, 2.45) is 0 Å². The highest BCUT2D eigenvalue weighted by atomic mass is 28.4. The number of nitrogens with one attached hydrogen (secondary N) is 1. The van der Waals surface area contributed by atoms with Gasteiger partial charge in [0.15, 0.2) is 0 Å². The highest BCUT2D eigenvalue weighted by Gasteiger charge is 2.41. The third kappa shape index (κ3) is 10.7. The standard InChI is InChI=1S/C20H34F3NO5Si3/c1-30(2,3)27-16-11-10-14(13-17(16)28-31(4,5)6)12-15(18(25)29-32(7,8)9)24-19(26)20(21,22)23/h10-11,13,15H,12H2,1-9H3,(H,24,26). The van der Waals surface area contributed by atoms with E-state index in [1.54, 1.807) is 43.2 Å². The molecule has 0 aliphatic heterocycles. The van der Waals surface area contributed by atoms with Crippen LogP contribution < -0.4 is 14.2 Å². The molecule has 1 rings (SSSR count). The molecule has 182 valence electrons. The number of alkyl halides is 3. The maximum atomic E-state index is 12.8. The molecule has 0 aliphatic rings. The minimum absolute atomic E-state index is 0.180. The van der Waals surface area contributed by atoms with Crippen molar-refractivity contribution in [3.63, 3.8) is 0 Å². The Balaban J connectivity index is 3.30. The molecular weight excluding hydrogens is 475 g/mol. The number of hydrogen-bond acceptors (Lipinski definition) is 5. The monoisotopic (exact) mass is 509 g/mol. The summed E-state index contributed by atoms with van der Waals surface area (Å²) in [5.74, 6) is -2.05. The summed E-state index contributed by atoms with van der Waals surface area (Å²) in [4.78, 5) is 24.1. The van der Waals surface area contributed by atoms with E-state index < -0.39 is 49.0 Å². The molecule has 0 spiro atoms. The quantitative estimate of drug-likeness (QED) is 0.470. The molecule has 0 bridgehead atoms. The Labute approximate surface area is 191 Å². The molecule has 1 atom stereocenters. The van der Waals surface area contributed by atoms with Crippen molar-refractivity contribution in [1.29, 1.82) is 0 Å². The third-order valence-electron chi connectivity index (χ3n) is 3.53. The summed E-state index contributed by atoms with van der Waals surface area (Å²) < 4.78 is 56.1. The summed E-state index contributed by atoms with van der Waals surface area (Å²) in [6.07, 6.45) is -5.29. The van der Waals surface area contributed by atoms with Crippen LogP contribution in [0.1, 0.15) is 5.56 Å². The highest BCUT2D eigenvalue weighted by molar-refractivity contribution is 6.71. The van der Waals surface area contributed by atoms with Gasteiger partial charge >= 0.3 is 18.1 Å². The van der Waals surface area contributed by atoms with Gasteiger partial charge in [-0.2, -0.15) is 13.2 Å². The first-order chi connectivity index (χ1) is 14.2. The normalized spacial score (nSPS) is 13.9. The fourth-order valence-electron chi connectivity index (χ4n) is 2.55. The molecule has 1 amide bonds. The van der Waals surface area contributed by atoms with Gasteiger partial charge in [-0.1, -0.05) is 6.07 Å². The minimum Gasteiger partial charge on any atom is -0.542 e. The lowest BCUT2D eigenvalue weighted by molar-refractivity contribution is -0.175. The zero-order valence-electron chi connectivity index (χ0n) is 20.2. The molecule has 0 radical (unpaired) electrons. The molecule has 0 saturated carbocycles. The van der Waals surface area contributed by atoms with Gasteiger partial charge in [0, 0.05) is 6.42 Å². The molecule has 12 heteroatoms. The Kier molecular flexibility index (Phi) is 8.82. The highest BCUT2D eigenvalue weighted by Crippen LogP contribution is 2.33. The number of halogens is 3. The van der Waals surface area contributed by atoms with Crippen LogP contribution in [0.5, 0.6) is 11.5 Å². The second-order valence-corrected chi connectivity index (χ2v) is 23.8. The van der Waals surface area contributed by atoms with Crippen LogP contribution in [-0.2, 0) is 20.4 Å². The molecule has 32 heavy (non-hydrogen) atoms. The Morgan fingerprint density at radius 1 is 0.875 bits per heavy atom. The van der Waals surface area contributed by atoms with E-state index in [2.05, 4.69) is 0 Å². The van der Waals surface area contributed by atoms with Crippen LogP contribution in [0, 0.1) is 0 Å². The van der Waals surface area contributed by atoms with E-state index in [1.807, 2.05) is 39.3 Å². The van der Waals surface area contributed by atoms with Crippen molar-refractivity contribution in [1.82, 2.24) is 5.32 Å². The first-order valence-corrected chi connectivity index (χ1v) is 20.5. The van der Waals surface area contributed by atoms with Crippen molar-refractivity contribution < 1.29 is 36.0 Å². The van der Waals surface area contributed by atoms with Crippen molar-refractivity contribution in [2.75, 3.05) is 0 Å². The second-order valence-electron chi connectivity index (χ2n) is 10.5. The lowest BCUT2D eigenvalue weighted by Gasteiger charge is -2.27. The molecule has 1 aromatic rings. The molecule has 0 fully saturated rings. The number of carbonyl (C=O) groups excluding carboxylic acids is 2. The topological polar surface area (TPSA) is 73.9 Å². The predicted molar refractivity (Wildman–Crippen MR) is 126 cm³/mol. The molecule has 6 nitrogen and oxygen atoms in total. The molecule has 0 heterocycles. The first kappa shape index (κ1) is 28.2. The molecular formula is C20H34F3NO5Si3. The van der Waals surface area contributed by atoms with Gasteiger partial charge in [0.05, 0.1) is 0 Å². The van der Waals surface area contributed by atoms with Crippen molar-refractivity contribution in [3.05, 3.63) is 23.8 Å². The van der Waals surface area contributed by atoms with E-state index in [4.69, 9.17) is 13.3 Å². The second kappa shape index (κ2) is 10.00. The average molecular weight is 510 g/mol. The Bertz CT molecular complexity index is 828. The fraction of sp³-hybridized carbons (Fsp3) is 0.600. The summed E-state index contributed by atoms with van der Waals surface area (Å²) in [5, 5.41) is 1.78. The molecule has 0 aliphatic carbocycles. The maximum absolute atomic E-state index is 12.8. The van der Waals surface area contributed by atoms with Crippen LogP contribution in [0.25, 0.3) is 0 Å². The summed E-state index contributed by atoms with van der Waals surface area (Å²) >= 11 is 0. The number of amides is 1. The van der Waals surface area contributed by atoms with Gasteiger partial charge in [-0.25, -0.2) is 0 Å². The Morgan fingerprint density at radius 2 is 1.38 bits per heavy atom. The SMILES string of the molecule is C[Si](C)(C)OC(=O)C(Cc1ccc(O[Si](C)(C)C)c(O[Si](C)(C)C)c1)NC(=O)C(F)(F)F. The van der Waals surface area contributed by atoms with Crippen LogP contribution in [0.2, 0.25) is 58.9 Å². The van der Waals surface area contributed by atoms with Crippen LogP contribution in [0.3, 0.4) is 0 Å². The Hall–Kier alpha value is -1.80. The smallest absolute Gasteiger partial charge is 0.471 e. The van der Waals surface area contributed by atoms with Crippen molar-refractivity contribution in [3.8, 4) is 11.5 Å². The van der Waals surface area contributed by atoms with Crippen molar-refractivity contribution >= 4 is 36.8 Å². The van der Waals surface area contributed by atoms with Crippen molar-refractivity contribution in [2.45, 2.75) is 77.6 Å². The number of carbonyl (C=O) groups is 2. The lowest BCUT2D eigenvalue weighted by atomic mass is 10.1. The fourth-order valence-corrected chi connectivity index (χ4v) is 4.94. The minimum atomic E-state index is -5.11. The van der Waals surface area contributed by atoms with E-state index in [9.17, 15) is 22.8 Å². The Morgan fingerprint density at radius 3 is 1.81 bits per heavy atom. The number of rotatable bonds is 9. The number of benzene rings is 1. The summed E-state index contributed by atoms with van der Waals surface area (Å²) in [6.45, 7) is 17.2. The van der Waals surface area contributed by atoms with Gasteiger partial charge in [-0.05, 0) is 76.6 Å². The van der Waals surface area contributed by atoms with E-state index in [-0.39, 0.29) is 6.42 Å². The molecule has 0 aromatic heterocycles. The molecule has 1 unspecified atom stereocenters. The van der Waals surface area contributed by atoms with Gasteiger partial charge in [-0.3, -0.25) is 9.59 Å². The van der Waals surface area contributed by atoms with Gasteiger partial charge in [0.25, 0.3) is 0 Å². The molecule has 0 saturated heterocycles. The largest absolute Gasteiger partial charge is 0.542 e. The number of hydrogen-bond donors (Lipinski definition) is 1. The lowest BCUT2D eigenvalue weighted by Crippen LogP contribution is -2.50. The van der Waals surface area contributed by atoms with Crippen LogP contribution in [0.4, 0.5) is 13.2 Å². The van der Waals surface area contributed by atoms with Gasteiger partial charge in [-0.15, -0.1) is 0 Å². The predicted octanol–water partition coefficient (Wildman–Crippen LogP) is 5.08. The first-order valence-electron chi connectivity index (χ1n) is 10.3. The summed E-state index contributed by atoms with van der Waals surface area (Å²) in [6, 6.07) is 3.51. The molecule has 1 N–H and O–H groups in total. The van der Waals surface area contributed by atoms with Crippen LogP contribution in [0.15, 0.2) is 18.2 Å². The third-order valence-corrected chi connectivity index (χ3v) is 6.01. The zero-order chi connectivity index (χ0) is 25.1. The van der Waals surface area contributed by atoms with E-state index in [1.165, 1.54) is 0 Å². The van der Waals surface area contributed by atoms with Crippen LogP contribution in [-0.4, -0.2) is 49.0 Å². The van der Waals surface area contributed by atoms with Gasteiger partial charge in [0.2, 0.25) is 25.0 Å². The van der Waals surface area contributed by atoms with Gasteiger partial charge in [0.1, 0.15) is 17.5 Å². The van der Waals surface area contributed by atoms with E-state index in [0.717, 1.165) is 0 Å². The zero-order valence-corrected chi connectivity index (χ0v) is 23.2. The average Bonchev–Trinajstić information content (AvgIpc) is 2.51.